The molecule has 1 aliphatic rings. The Hall–Kier alpha value is -1.29. The molecular weight excluding hydrogens is 185 g/mol. The highest BCUT2D eigenvalue weighted by atomic mass is 19.1. The Balaban J connectivity index is 2.31. The lowest BCUT2D eigenvalue weighted by Gasteiger charge is -2.05. The molecule has 0 amide bonds. The number of ether oxygens (including phenoxy) is 2. The van der Waals surface area contributed by atoms with Crippen LogP contribution >= 0.6 is 0 Å². The number of hydrogen-bond donors (Lipinski definition) is 1. The van der Waals surface area contributed by atoms with Crippen molar-refractivity contribution in [3.05, 3.63) is 23.5 Å². The van der Waals surface area contributed by atoms with Crippen molar-refractivity contribution < 1.29 is 13.9 Å². The maximum absolute atomic E-state index is 13.4. The normalized spacial score (nSPS) is 13.3. The first-order valence-electron chi connectivity index (χ1n) is 4.60. The van der Waals surface area contributed by atoms with Crippen molar-refractivity contribution in [2.75, 3.05) is 13.3 Å². The predicted octanol–water partition coefficient (Wildman–Crippen LogP) is 1.45. The fourth-order valence-corrected chi connectivity index (χ4v) is 1.52. The van der Waals surface area contributed by atoms with Gasteiger partial charge in [0, 0.05) is 5.56 Å². The van der Waals surface area contributed by atoms with Crippen molar-refractivity contribution in [1.82, 2.24) is 0 Å². The molecule has 14 heavy (non-hydrogen) atoms. The van der Waals surface area contributed by atoms with E-state index in [1.807, 2.05) is 0 Å². The van der Waals surface area contributed by atoms with Crippen LogP contribution in [0.2, 0.25) is 0 Å². The van der Waals surface area contributed by atoms with Crippen molar-refractivity contribution in [2.45, 2.75) is 12.8 Å². The second kappa shape index (κ2) is 3.84. The molecule has 0 unspecified atom stereocenters. The van der Waals surface area contributed by atoms with E-state index in [2.05, 4.69) is 0 Å². The summed E-state index contributed by atoms with van der Waals surface area (Å²) < 4.78 is 23.8. The van der Waals surface area contributed by atoms with E-state index in [1.165, 1.54) is 6.07 Å². The van der Waals surface area contributed by atoms with Gasteiger partial charge in [0.1, 0.15) is 5.82 Å². The maximum Gasteiger partial charge on any atom is 0.231 e. The number of nitrogens with two attached hydrogens (primary N) is 1. The zero-order chi connectivity index (χ0) is 9.97. The van der Waals surface area contributed by atoms with Crippen LogP contribution in [0.15, 0.2) is 12.1 Å². The predicted molar refractivity (Wildman–Crippen MR) is 49.9 cm³/mol. The van der Waals surface area contributed by atoms with Crippen molar-refractivity contribution in [2.24, 2.45) is 5.73 Å². The molecule has 0 radical (unpaired) electrons. The van der Waals surface area contributed by atoms with Gasteiger partial charge in [-0.2, -0.15) is 0 Å². The van der Waals surface area contributed by atoms with Gasteiger partial charge in [-0.15, -0.1) is 0 Å². The maximum atomic E-state index is 13.4. The van der Waals surface area contributed by atoms with E-state index in [0.29, 0.717) is 30.0 Å². The average molecular weight is 197 g/mol. The van der Waals surface area contributed by atoms with Gasteiger partial charge in [-0.3, -0.25) is 0 Å². The molecule has 2 N–H and O–H groups in total. The van der Waals surface area contributed by atoms with Gasteiger partial charge in [-0.1, -0.05) is 0 Å². The lowest BCUT2D eigenvalue weighted by molar-refractivity contribution is 0.173. The van der Waals surface area contributed by atoms with Crippen LogP contribution in [0.4, 0.5) is 4.39 Å². The molecule has 0 bridgehead atoms. The lowest BCUT2D eigenvalue weighted by atomic mass is 10.1. The number of hydrogen-bond acceptors (Lipinski definition) is 3. The Morgan fingerprint density at radius 1 is 1.36 bits per heavy atom. The van der Waals surface area contributed by atoms with E-state index in [9.17, 15) is 4.39 Å². The first-order valence-corrected chi connectivity index (χ1v) is 4.60. The number of fused-ring (bicyclic) bond motifs is 1. The van der Waals surface area contributed by atoms with Crippen LogP contribution in [-0.2, 0) is 6.42 Å². The van der Waals surface area contributed by atoms with Gasteiger partial charge in [-0.25, -0.2) is 4.39 Å². The van der Waals surface area contributed by atoms with Crippen molar-refractivity contribution in [3.8, 4) is 11.5 Å². The van der Waals surface area contributed by atoms with Crippen LogP contribution in [0.5, 0.6) is 11.5 Å². The van der Waals surface area contributed by atoms with Crippen LogP contribution in [0.25, 0.3) is 0 Å². The van der Waals surface area contributed by atoms with Gasteiger partial charge in [0.2, 0.25) is 6.79 Å². The molecule has 0 spiro atoms. The van der Waals surface area contributed by atoms with E-state index in [4.69, 9.17) is 15.2 Å². The van der Waals surface area contributed by atoms with E-state index < -0.39 is 0 Å². The second-order valence-corrected chi connectivity index (χ2v) is 3.15. The van der Waals surface area contributed by atoms with E-state index in [-0.39, 0.29) is 12.6 Å². The quantitative estimate of drug-likeness (QED) is 0.797. The van der Waals surface area contributed by atoms with Crippen LogP contribution in [0.1, 0.15) is 12.0 Å². The summed E-state index contributed by atoms with van der Waals surface area (Å²) in [5.74, 6) is 0.916. The van der Waals surface area contributed by atoms with Crippen LogP contribution in [0, 0.1) is 5.82 Å². The molecule has 1 aromatic carbocycles. The highest BCUT2D eigenvalue weighted by Crippen LogP contribution is 2.37. The standard InChI is InChI=1S/C10H12FNO2/c11-8-3-4-9-10(14-6-13-9)7(8)2-1-5-12/h3-4H,1-2,5-6,12H2. The summed E-state index contributed by atoms with van der Waals surface area (Å²) in [6.45, 7) is 0.721. The first kappa shape index (κ1) is 9.27. The summed E-state index contributed by atoms with van der Waals surface area (Å²) in [4.78, 5) is 0. The summed E-state index contributed by atoms with van der Waals surface area (Å²) in [6, 6.07) is 2.99. The molecule has 4 heteroatoms. The molecule has 0 aromatic heterocycles. The summed E-state index contributed by atoms with van der Waals surface area (Å²) in [5, 5.41) is 0. The molecule has 0 saturated carbocycles. The summed E-state index contributed by atoms with van der Waals surface area (Å²) >= 11 is 0. The topological polar surface area (TPSA) is 44.5 Å². The molecule has 1 aliphatic heterocycles. The van der Waals surface area contributed by atoms with Crippen LogP contribution < -0.4 is 15.2 Å². The van der Waals surface area contributed by atoms with Gasteiger partial charge < -0.3 is 15.2 Å². The largest absolute Gasteiger partial charge is 0.454 e. The SMILES string of the molecule is NCCCc1c(F)ccc2c1OCO2. The number of rotatable bonds is 3. The Morgan fingerprint density at radius 3 is 3.00 bits per heavy atom. The zero-order valence-corrected chi connectivity index (χ0v) is 7.75. The molecule has 0 atom stereocenters. The Bertz CT molecular complexity index is 341. The van der Waals surface area contributed by atoms with Gasteiger partial charge >= 0.3 is 0 Å². The van der Waals surface area contributed by atoms with Gasteiger partial charge in [0.15, 0.2) is 11.5 Å². The smallest absolute Gasteiger partial charge is 0.231 e. The molecular formula is C10H12FNO2. The van der Waals surface area contributed by atoms with Gasteiger partial charge in [0.25, 0.3) is 0 Å². The Kier molecular flexibility index (Phi) is 2.54. The summed E-state index contributed by atoms with van der Waals surface area (Å²) in [6.07, 6.45) is 1.34. The third-order valence-corrected chi connectivity index (χ3v) is 2.22. The minimum Gasteiger partial charge on any atom is -0.454 e. The average Bonchev–Trinajstić information content (AvgIpc) is 2.64. The minimum absolute atomic E-state index is 0.175. The highest BCUT2D eigenvalue weighted by molar-refractivity contribution is 5.48. The monoisotopic (exact) mass is 197 g/mol. The van der Waals surface area contributed by atoms with Crippen molar-refractivity contribution >= 4 is 0 Å². The van der Waals surface area contributed by atoms with E-state index in [1.54, 1.807) is 6.07 Å². The fraction of sp³-hybridized carbons (Fsp3) is 0.400. The van der Waals surface area contributed by atoms with E-state index in [0.717, 1.165) is 6.42 Å². The second-order valence-electron chi connectivity index (χ2n) is 3.15. The third kappa shape index (κ3) is 1.53. The highest BCUT2D eigenvalue weighted by Gasteiger charge is 2.20. The summed E-state index contributed by atoms with van der Waals surface area (Å²) in [5.41, 5.74) is 5.95. The first-order chi connectivity index (χ1) is 6.83. The molecule has 0 saturated heterocycles. The number of benzene rings is 1. The molecule has 0 aliphatic carbocycles. The molecule has 0 fully saturated rings. The lowest BCUT2D eigenvalue weighted by Crippen LogP contribution is -2.02. The van der Waals surface area contributed by atoms with E-state index >= 15 is 0 Å². The van der Waals surface area contributed by atoms with Crippen molar-refractivity contribution in [1.29, 1.82) is 0 Å². The Morgan fingerprint density at radius 2 is 2.21 bits per heavy atom. The zero-order valence-electron chi connectivity index (χ0n) is 7.75. The van der Waals surface area contributed by atoms with Crippen LogP contribution in [0.3, 0.4) is 0 Å². The van der Waals surface area contributed by atoms with Crippen molar-refractivity contribution in [3.63, 3.8) is 0 Å². The molecule has 2 rings (SSSR count). The Labute approximate surface area is 81.6 Å². The molecule has 1 aromatic rings. The molecule has 1 heterocycles. The molecule has 76 valence electrons. The van der Waals surface area contributed by atoms with Crippen LogP contribution in [-0.4, -0.2) is 13.3 Å². The van der Waals surface area contributed by atoms with Gasteiger partial charge in [-0.05, 0) is 31.5 Å². The fourth-order valence-electron chi connectivity index (χ4n) is 1.52. The third-order valence-electron chi connectivity index (χ3n) is 2.22. The molecule has 3 nitrogen and oxygen atoms in total. The number of halogens is 1. The minimum atomic E-state index is -0.247. The summed E-state index contributed by atoms with van der Waals surface area (Å²) in [7, 11) is 0. The van der Waals surface area contributed by atoms with Gasteiger partial charge in [0.05, 0.1) is 0 Å².